The Morgan fingerprint density at radius 1 is 1.24 bits per heavy atom. The maximum Gasteiger partial charge on any atom is 0.255 e. The van der Waals surface area contributed by atoms with Gasteiger partial charge in [-0.1, -0.05) is 37.9 Å². The molecule has 0 atom stereocenters. The zero-order chi connectivity index (χ0) is 15.7. The minimum atomic E-state index is -0.582. The molecule has 1 aromatic carbocycles. The van der Waals surface area contributed by atoms with E-state index in [0.29, 0.717) is 6.54 Å². The van der Waals surface area contributed by atoms with Gasteiger partial charge in [0.1, 0.15) is 5.82 Å². The van der Waals surface area contributed by atoms with E-state index < -0.39 is 11.7 Å². The summed E-state index contributed by atoms with van der Waals surface area (Å²) in [6.45, 7) is 8.07. The molecular weight excluding hydrogens is 291 g/mol. The Labute approximate surface area is 131 Å². The van der Waals surface area contributed by atoms with E-state index in [9.17, 15) is 9.18 Å². The van der Waals surface area contributed by atoms with Crippen LogP contribution in [-0.2, 0) is 0 Å². The first-order valence-electron chi connectivity index (χ1n) is 7.54. The Hall–Kier alpha value is -1.13. The summed E-state index contributed by atoms with van der Waals surface area (Å²) >= 11 is 5.85. The number of unbranched alkanes of at least 4 members (excludes halogenated alkanes) is 2. The number of benzene rings is 1. The molecule has 0 unspecified atom stereocenters. The first kappa shape index (κ1) is 17.9. The lowest BCUT2D eigenvalue weighted by Gasteiger charge is -2.17. The molecule has 0 fully saturated rings. The second-order valence-corrected chi connectivity index (χ2v) is 5.35. The molecule has 0 aliphatic heterocycles. The van der Waals surface area contributed by atoms with E-state index in [1.54, 1.807) is 0 Å². The molecule has 3 nitrogen and oxygen atoms in total. The molecule has 1 amide bonds. The minimum absolute atomic E-state index is 0.0673. The first-order chi connectivity index (χ1) is 10.1. The fraction of sp³-hybridized carbons (Fsp3) is 0.562. The molecule has 0 spiro atoms. The van der Waals surface area contributed by atoms with Crippen LogP contribution in [-0.4, -0.2) is 37.0 Å². The van der Waals surface area contributed by atoms with Crippen LogP contribution in [0.1, 0.15) is 43.5 Å². The standard InChI is InChI=1S/C16H24ClFN2O/c1-3-20(4-2)12-7-5-6-11-19-16(21)15-13(17)9-8-10-14(15)18/h8-10H,3-7,11-12H2,1-2H3,(H,19,21). The molecule has 0 saturated heterocycles. The number of rotatable bonds is 9. The van der Waals surface area contributed by atoms with E-state index in [2.05, 4.69) is 24.1 Å². The second-order valence-electron chi connectivity index (χ2n) is 4.94. The van der Waals surface area contributed by atoms with E-state index >= 15 is 0 Å². The largest absolute Gasteiger partial charge is 0.352 e. The summed E-state index contributed by atoms with van der Waals surface area (Å²) in [7, 11) is 0. The van der Waals surface area contributed by atoms with Crippen molar-refractivity contribution in [1.82, 2.24) is 10.2 Å². The number of carbonyl (C=O) groups is 1. The summed E-state index contributed by atoms with van der Waals surface area (Å²) < 4.78 is 13.5. The van der Waals surface area contributed by atoms with Crippen molar-refractivity contribution in [2.24, 2.45) is 0 Å². The molecule has 0 radical (unpaired) electrons. The average molecular weight is 315 g/mol. The average Bonchev–Trinajstić information content (AvgIpc) is 2.46. The van der Waals surface area contributed by atoms with Gasteiger partial charge in [-0.3, -0.25) is 4.79 Å². The molecule has 0 bridgehead atoms. The highest BCUT2D eigenvalue weighted by atomic mass is 35.5. The molecule has 0 aliphatic rings. The number of nitrogens with zero attached hydrogens (tertiary/aromatic N) is 1. The fourth-order valence-corrected chi connectivity index (χ4v) is 2.43. The smallest absolute Gasteiger partial charge is 0.255 e. The molecule has 1 rings (SSSR count). The number of amides is 1. The van der Waals surface area contributed by atoms with E-state index in [0.717, 1.165) is 38.9 Å². The van der Waals surface area contributed by atoms with E-state index in [-0.39, 0.29) is 10.6 Å². The Kier molecular flexibility index (Phi) is 8.31. The predicted molar refractivity (Wildman–Crippen MR) is 85.4 cm³/mol. The van der Waals surface area contributed by atoms with Crippen molar-refractivity contribution in [3.8, 4) is 0 Å². The highest BCUT2D eigenvalue weighted by molar-refractivity contribution is 6.33. The van der Waals surface area contributed by atoms with Gasteiger partial charge in [0, 0.05) is 6.54 Å². The molecule has 21 heavy (non-hydrogen) atoms. The van der Waals surface area contributed by atoms with Gasteiger partial charge in [0.2, 0.25) is 0 Å². The van der Waals surface area contributed by atoms with Crippen molar-refractivity contribution in [2.75, 3.05) is 26.2 Å². The maximum absolute atomic E-state index is 13.5. The summed E-state index contributed by atoms with van der Waals surface area (Å²) in [6, 6.07) is 4.25. The minimum Gasteiger partial charge on any atom is -0.352 e. The number of hydrogen-bond donors (Lipinski definition) is 1. The topological polar surface area (TPSA) is 32.3 Å². The lowest BCUT2D eigenvalue weighted by Crippen LogP contribution is -2.26. The van der Waals surface area contributed by atoms with E-state index in [1.165, 1.54) is 18.2 Å². The quantitative estimate of drug-likeness (QED) is 0.705. The lowest BCUT2D eigenvalue weighted by molar-refractivity contribution is 0.0949. The van der Waals surface area contributed by atoms with Gasteiger partial charge in [-0.25, -0.2) is 4.39 Å². The van der Waals surface area contributed by atoms with Crippen LogP contribution in [0.15, 0.2) is 18.2 Å². The fourth-order valence-electron chi connectivity index (χ4n) is 2.18. The Bertz CT molecular complexity index is 430. The van der Waals surface area contributed by atoms with Gasteiger partial charge in [-0.15, -0.1) is 0 Å². The zero-order valence-electron chi connectivity index (χ0n) is 12.8. The summed E-state index contributed by atoms with van der Waals surface area (Å²) in [5, 5.41) is 2.87. The highest BCUT2D eigenvalue weighted by Gasteiger charge is 2.14. The van der Waals surface area contributed by atoms with Crippen LogP contribution in [0.2, 0.25) is 5.02 Å². The van der Waals surface area contributed by atoms with Crippen LogP contribution in [0, 0.1) is 5.82 Å². The highest BCUT2D eigenvalue weighted by Crippen LogP contribution is 2.18. The Morgan fingerprint density at radius 2 is 1.95 bits per heavy atom. The predicted octanol–water partition coefficient (Wildman–Crippen LogP) is 3.72. The van der Waals surface area contributed by atoms with Crippen LogP contribution >= 0.6 is 11.6 Å². The van der Waals surface area contributed by atoms with E-state index in [1.807, 2.05) is 0 Å². The van der Waals surface area contributed by atoms with Gasteiger partial charge in [0.25, 0.3) is 5.91 Å². The third-order valence-corrected chi connectivity index (χ3v) is 3.84. The van der Waals surface area contributed by atoms with Gasteiger partial charge >= 0.3 is 0 Å². The van der Waals surface area contributed by atoms with Crippen LogP contribution in [0.5, 0.6) is 0 Å². The summed E-state index contributed by atoms with van der Waals surface area (Å²) in [5.74, 6) is -1.02. The number of nitrogens with one attached hydrogen (secondary N) is 1. The monoisotopic (exact) mass is 314 g/mol. The summed E-state index contributed by atoms with van der Waals surface area (Å²) in [4.78, 5) is 14.2. The molecule has 0 heterocycles. The maximum atomic E-state index is 13.5. The van der Waals surface area contributed by atoms with Gasteiger partial charge in [0.15, 0.2) is 0 Å². The number of halogens is 2. The van der Waals surface area contributed by atoms with Crippen molar-refractivity contribution >= 4 is 17.5 Å². The van der Waals surface area contributed by atoms with Crippen molar-refractivity contribution in [1.29, 1.82) is 0 Å². The summed E-state index contributed by atoms with van der Waals surface area (Å²) in [6.07, 6.45) is 3.04. The molecule has 0 aromatic heterocycles. The van der Waals surface area contributed by atoms with Gasteiger partial charge in [-0.05, 0) is 44.6 Å². The molecule has 1 aromatic rings. The molecular formula is C16H24ClFN2O. The Balaban J connectivity index is 2.25. The lowest BCUT2D eigenvalue weighted by atomic mass is 10.2. The van der Waals surface area contributed by atoms with Crippen LogP contribution < -0.4 is 5.32 Å². The normalized spacial score (nSPS) is 10.9. The molecule has 0 saturated carbocycles. The SMILES string of the molecule is CCN(CC)CCCCCNC(=O)c1c(F)cccc1Cl. The third-order valence-electron chi connectivity index (χ3n) is 3.52. The van der Waals surface area contributed by atoms with Crippen LogP contribution in [0.3, 0.4) is 0 Å². The molecule has 0 aliphatic carbocycles. The van der Waals surface area contributed by atoms with Gasteiger partial charge < -0.3 is 10.2 Å². The molecule has 5 heteroatoms. The second kappa shape index (κ2) is 9.74. The number of hydrogen-bond acceptors (Lipinski definition) is 2. The Morgan fingerprint density at radius 3 is 2.57 bits per heavy atom. The van der Waals surface area contributed by atoms with Crippen molar-refractivity contribution < 1.29 is 9.18 Å². The van der Waals surface area contributed by atoms with Crippen molar-refractivity contribution in [3.63, 3.8) is 0 Å². The molecule has 1 N–H and O–H groups in total. The van der Waals surface area contributed by atoms with Crippen molar-refractivity contribution in [2.45, 2.75) is 33.1 Å². The number of carbonyl (C=O) groups excluding carboxylic acids is 1. The first-order valence-corrected chi connectivity index (χ1v) is 7.92. The zero-order valence-corrected chi connectivity index (χ0v) is 13.5. The van der Waals surface area contributed by atoms with E-state index in [4.69, 9.17) is 11.6 Å². The summed E-state index contributed by atoms with van der Waals surface area (Å²) in [5.41, 5.74) is -0.0673. The van der Waals surface area contributed by atoms with Crippen molar-refractivity contribution in [3.05, 3.63) is 34.6 Å². The molecule has 118 valence electrons. The third kappa shape index (κ3) is 6.02. The van der Waals surface area contributed by atoms with Crippen LogP contribution in [0.4, 0.5) is 4.39 Å². The van der Waals surface area contributed by atoms with Gasteiger partial charge in [-0.2, -0.15) is 0 Å². The van der Waals surface area contributed by atoms with Crippen LogP contribution in [0.25, 0.3) is 0 Å². The van der Waals surface area contributed by atoms with Gasteiger partial charge in [0.05, 0.1) is 10.6 Å².